The van der Waals surface area contributed by atoms with E-state index in [9.17, 15) is 14.3 Å². The Labute approximate surface area is 103 Å². The van der Waals surface area contributed by atoms with Crippen LogP contribution in [-0.4, -0.2) is 36.7 Å². The third-order valence-corrected chi connectivity index (χ3v) is 2.11. The van der Waals surface area contributed by atoms with E-state index in [4.69, 9.17) is 16.3 Å². The number of ether oxygens (including phenoxy) is 1. The highest BCUT2D eigenvalue weighted by atomic mass is 35.5. The molecular weight excluding hydrogens is 249 g/mol. The number of rotatable bonds is 6. The van der Waals surface area contributed by atoms with E-state index >= 15 is 0 Å². The maximum absolute atomic E-state index is 12.7. The Bertz CT molecular complexity index is 387. The summed E-state index contributed by atoms with van der Waals surface area (Å²) in [5.41, 5.74) is 0.0312. The predicted octanol–water partition coefficient (Wildman–Crippen LogP) is 1.52. The van der Waals surface area contributed by atoms with E-state index in [0.717, 1.165) is 12.1 Å². The molecule has 17 heavy (non-hydrogen) atoms. The molecule has 0 saturated heterocycles. The molecule has 0 unspecified atom stereocenters. The van der Waals surface area contributed by atoms with Gasteiger partial charge < -0.3 is 15.2 Å². The van der Waals surface area contributed by atoms with E-state index in [1.54, 1.807) is 0 Å². The van der Waals surface area contributed by atoms with Crippen LogP contribution < -0.4 is 5.32 Å². The number of hydrogen-bond donors (Lipinski definition) is 2. The molecule has 6 heteroatoms. The fourth-order valence-electron chi connectivity index (χ4n) is 1.19. The van der Waals surface area contributed by atoms with Crippen LogP contribution in [0.25, 0.3) is 0 Å². The minimum absolute atomic E-state index is 0.0312. The summed E-state index contributed by atoms with van der Waals surface area (Å²) in [6, 6.07) is 3.22. The molecule has 0 atom stereocenters. The highest BCUT2D eigenvalue weighted by Crippen LogP contribution is 2.17. The lowest BCUT2D eigenvalue weighted by atomic mass is 10.2. The summed E-state index contributed by atoms with van der Waals surface area (Å²) in [6.45, 7) is 1.05. The van der Waals surface area contributed by atoms with Gasteiger partial charge in [-0.2, -0.15) is 0 Å². The smallest absolute Gasteiger partial charge is 0.255 e. The number of amides is 1. The lowest BCUT2D eigenvalue weighted by molar-refractivity contribution is 0.0921. The monoisotopic (exact) mass is 261 g/mol. The number of alkyl halides is 1. The zero-order valence-electron chi connectivity index (χ0n) is 9.08. The number of aromatic hydroxyl groups is 1. The van der Waals surface area contributed by atoms with Crippen molar-refractivity contribution >= 4 is 17.5 Å². The van der Waals surface area contributed by atoms with E-state index < -0.39 is 11.7 Å². The summed E-state index contributed by atoms with van der Waals surface area (Å²) < 4.78 is 17.7. The molecule has 0 aliphatic heterocycles. The van der Waals surface area contributed by atoms with E-state index in [-0.39, 0.29) is 11.3 Å². The van der Waals surface area contributed by atoms with Crippen molar-refractivity contribution in [3.05, 3.63) is 29.6 Å². The van der Waals surface area contributed by atoms with Gasteiger partial charge in [-0.25, -0.2) is 4.39 Å². The Kier molecular flexibility index (Phi) is 5.72. The molecule has 1 aromatic carbocycles. The van der Waals surface area contributed by atoms with E-state index in [1.165, 1.54) is 6.07 Å². The number of nitrogens with one attached hydrogen (secondary N) is 1. The third kappa shape index (κ3) is 4.58. The molecule has 0 fully saturated rings. The second kappa shape index (κ2) is 7.09. The van der Waals surface area contributed by atoms with Gasteiger partial charge >= 0.3 is 0 Å². The molecule has 1 aromatic rings. The summed E-state index contributed by atoms with van der Waals surface area (Å²) in [5.74, 6) is -1.06. The molecule has 0 aliphatic carbocycles. The van der Waals surface area contributed by atoms with Crippen LogP contribution in [0.15, 0.2) is 18.2 Å². The molecule has 0 spiro atoms. The topological polar surface area (TPSA) is 58.6 Å². The van der Waals surface area contributed by atoms with Crippen molar-refractivity contribution in [3.63, 3.8) is 0 Å². The number of halogens is 2. The van der Waals surface area contributed by atoms with Crippen LogP contribution in [-0.2, 0) is 4.74 Å². The summed E-state index contributed by atoms with van der Waals surface area (Å²) in [5, 5.41) is 11.9. The van der Waals surface area contributed by atoms with E-state index in [1.807, 2.05) is 0 Å². The first-order valence-corrected chi connectivity index (χ1v) is 5.59. The van der Waals surface area contributed by atoms with Crippen LogP contribution in [0.1, 0.15) is 10.4 Å². The number of carbonyl (C=O) groups is 1. The van der Waals surface area contributed by atoms with E-state index in [2.05, 4.69) is 5.32 Å². The second-order valence-electron chi connectivity index (χ2n) is 3.22. The molecule has 0 heterocycles. The number of benzene rings is 1. The van der Waals surface area contributed by atoms with Crippen molar-refractivity contribution in [2.45, 2.75) is 0 Å². The number of carbonyl (C=O) groups excluding carboxylic acids is 1. The Hall–Kier alpha value is -1.33. The zero-order chi connectivity index (χ0) is 12.7. The standard InChI is InChI=1S/C11H13ClFNO3/c12-3-5-17-6-4-14-11(16)9-2-1-8(13)7-10(9)15/h1-2,7,15H,3-6H2,(H,14,16). The Morgan fingerprint density at radius 3 is 2.88 bits per heavy atom. The van der Waals surface area contributed by atoms with Crippen LogP contribution >= 0.6 is 11.6 Å². The lowest BCUT2D eigenvalue weighted by Gasteiger charge is -2.07. The molecule has 0 aromatic heterocycles. The average molecular weight is 262 g/mol. The summed E-state index contributed by atoms with van der Waals surface area (Å²) in [6.07, 6.45) is 0. The minimum Gasteiger partial charge on any atom is -0.507 e. The Morgan fingerprint density at radius 1 is 1.47 bits per heavy atom. The Balaban J connectivity index is 2.42. The van der Waals surface area contributed by atoms with Gasteiger partial charge in [0.25, 0.3) is 5.91 Å². The van der Waals surface area contributed by atoms with Crippen LogP contribution in [0, 0.1) is 5.82 Å². The molecule has 0 radical (unpaired) electrons. The van der Waals surface area contributed by atoms with Crippen LogP contribution in [0.5, 0.6) is 5.75 Å². The van der Waals surface area contributed by atoms with Crippen molar-refractivity contribution in [2.75, 3.05) is 25.6 Å². The van der Waals surface area contributed by atoms with Gasteiger partial charge in [0, 0.05) is 18.5 Å². The summed E-state index contributed by atoms with van der Waals surface area (Å²) in [4.78, 5) is 11.5. The largest absolute Gasteiger partial charge is 0.507 e. The lowest BCUT2D eigenvalue weighted by Crippen LogP contribution is -2.27. The molecule has 0 aliphatic rings. The highest BCUT2D eigenvalue weighted by molar-refractivity contribution is 6.17. The predicted molar refractivity (Wildman–Crippen MR) is 61.9 cm³/mol. The summed E-state index contributed by atoms with van der Waals surface area (Å²) in [7, 11) is 0. The maximum atomic E-state index is 12.7. The second-order valence-corrected chi connectivity index (χ2v) is 3.60. The van der Waals surface area contributed by atoms with Crippen molar-refractivity contribution in [1.82, 2.24) is 5.32 Å². The van der Waals surface area contributed by atoms with Crippen LogP contribution in [0.2, 0.25) is 0 Å². The number of phenolic OH excluding ortho intramolecular Hbond substituents is 1. The molecule has 94 valence electrons. The third-order valence-electron chi connectivity index (χ3n) is 1.96. The van der Waals surface area contributed by atoms with Gasteiger partial charge in [-0.3, -0.25) is 4.79 Å². The first-order valence-electron chi connectivity index (χ1n) is 5.05. The maximum Gasteiger partial charge on any atom is 0.255 e. The van der Waals surface area contributed by atoms with Crippen molar-refractivity contribution in [1.29, 1.82) is 0 Å². The van der Waals surface area contributed by atoms with Gasteiger partial charge in [-0.1, -0.05) is 0 Å². The minimum atomic E-state index is -0.593. The average Bonchev–Trinajstić information content (AvgIpc) is 2.28. The fraction of sp³-hybridized carbons (Fsp3) is 0.364. The van der Waals surface area contributed by atoms with Gasteiger partial charge in [0.15, 0.2) is 0 Å². The molecule has 4 nitrogen and oxygen atoms in total. The molecule has 0 saturated carbocycles. The van der Waals surface area contributed by atoms with Crippen molar-refractivity contribution in [2.24, 2.45) is 0 Å². The Morgan fingerprint density at radius 2 is 2.24 bits per heavy atom. The fourth-order valence-corrected chi connectivity index (χ4v) is 1.29. The van der Waals surface area contributed by atoms with Gasteiger partial charge in [0.1, 0.15) is 11.6 Å². The molecular formula is C11H13ClFNO3. The van der Waals surface area contributed by atoms with Gasteiger partial charge in [0.2, 0.25) is 0 Å². The zero-order valence-corrected chi connectivity index (χ0v) is 9.84. The molecule has 1 amide bonds. The molecule has 1 rings (SSSR count). The van der Waals surface area contributed by atoms with Crippen LogP contribution in [0.3, 0.4) is 0 Å². The van der Waals surface area contributed by atoms with Crippen LogP contribution in [0.4, 0.5) is 4.39 Å². The number of phenols is 1. The quantitative estimate of drug-likeness (QED) is 0.603. The van der Waals surface area contributed by atoms with Gasteiger partial charge in [-0.05, 0) is 12.1 Å². The van der Waals surface area contributed by atoms with Gasteiger partial charge in [0.05, 0.1) is 18.8 Å². The van der Waals surface area contributed by atoms with Crippen molar-refractivity contribution < 1.29 is 19.0 Å². The summed E-state index contributed by atoms with van der Waals surface area (Å²) >= 11 is 5.39. The number of hydrogen-bond acceptors (Lipinski definition) is 3. The molecule has 0 bridgehead atoms. The first-order chi connectivity index (χ1) is 8.15. The van der Waals surface area contributed by atoms with E-state index in [0.29, 0.717) is 25.6 Å². The molecule has 2 N–H and O–H groups in total. The van der Waals surface area contributed by atoms with Crippen molar-refractivity contribution in [3.8, 4) is 5.75 Å². The van der Waals surface area contributed by atoms with Gasteiger partial charge in [-0.15, -0.1) is 11.6 Å². The highest BCUT2D eigenvalue weighted by Gasteiger charge is 2.10. The first kappa shape index (κ1) is 13.7. The SMILES string of the molecule is O=C(NCCOCCCl)c1ccc(F)cc1O. The normalized spacial score (nSPS) is 10.2.